The number of hydrogen-bond acceptors (Lipinski definition) is 6. The fourth-order valence-corrected chi connectivity index (χ4v) is 2.52. The predicted molar refractivity (Wildman–Crippen MR) is 80.5 cm³/mol. The van der Waals surface area contributed by atoms with Gasteiger partial charge in [0.05, 0.1) is 5.41 Å². The first-order valence-corrected chi connectivity index (χ1v) is 7.30. The first-order valence-electron chi connectivity index (χ1n) is 7.30. The molecule has 21 heavy (non-hydrogen) atoms. The number of hydrogen-bond donors (Lipinski definition) is 1. The Morgan fingerprint density at radius 3 is 2.76 bits per heavy atom. The van der Waals surface area contributed by atoms with E-state index in [9.17, 15) is 0 Å². The lowest BCUT2D eigenvalue weighted by Crippen LogP contribution is -2.43. The highest BCUT2D eigenvalue weighted by molar-refractivity contribution is 5.34. The Morgan fingerprint density at radius 2 is 2.05 bits per heavy atom. The number of piperazine rings is 1. The molecule has 112 valence electrons. The van der Waals surface area contributed by atoms with Crippen molar-refractivity contribution < 1.29 is 4.52 Å². The van der Waals surface area contributed by atoms with Gasteiger partial charge in [-0.3, -0.25) is 4.98 Å². The number of aromatic nitrogens is 3. The Morgan fingerprint density at radius 1 is 1.29 bits per heavy atom. The van der Waals surface area contributed by atoms with E-state index in [2.05, 4.69) is 45.3 Å². The molecule has 0 aromatic carbocycles. The van der Waals surface area contributed by atoms with Gasteiger partial charge in [0.1, 0.15) is 0 Å². The van der Waals surface area contributed by atoms with Crippen LogP contribution >= 0.6 is 0 Å². The van der Waals surface area contributed by atoms with Crippen LogP contribution in [0.25, 0.3) is 0 Å². The normalized spacial score (nSPS) is 16.2. The highest BCUT2D eigenvalue weighted by Gasteiger charge is 2.30. The summed E-state index contributed by atoms with van der Waals surface area (Å²) >= 11 is 0. The van der Waals surface area contributed by atoms with E-state index in [4.69, 9.17) is 4.52 Å². The molecule has 6 nitrogen and oxygen atoms in total. The van der Waals surface area contributed by atoms with E-state index in [1.165, 1.54) is 0 Å². The zero-order chi connectivity index (χ0) is 14.9. The molecule has 1 aliphatic heterocycles. The third kappa shape index (κ3) is 2.76. The predicted octanol–water partition coefficient (Wildman–Crippen LogP) is 1.51. The summed E-state index contributed by atoms with van der Waals surface area (Å²) in [5.41, 5.74) is 1.83. The fraction of sp³-hybridized carbons (Fsp3) is 0.533. The van der Waals surface area contributed by atoms with Crippen LogP contribution < -0.4 is 10.2 Å². The van der Waals surface area contributed by atoms with Crippen molar-refractivity contribution in [1.29, 1.82) is 0 Å². The molecule has 0 aliphatic carbocycles. The van der Waals surface area contributed by atoms with Crippen LogP contribution in [0.3, 0.4) is 0 Å². The minimum atomic E-state index is -0.302. The Balaban J connectivity index is 1.87. The average molecular weight is 287 g/mol. The highest BCUT2D eigenvalue weighted by atomic mass is 16.5. The summed E-state index contributed by atoms with van der Waals surface area (Å²) in [6.07, 6.45) is 1.82. The van der Waals surface area contributed by atoms with Gasteiger partial charge in [-0.05, 0) is 38.5 Å². The molecule has 3 heterocycles. The van der Waals surface area contributed by atoms with Gasteiger partial charge in [-0.1, -0.05) is 5.16 Å². The van der Waals surface area contributed by atoms with E-state index in [1.54, 1.807) is 0 Å². The van der Waals surface area contributed by atoms with Crippen molar-refractivity contribution >= 4 is 6.01 Å². The van der Waals surface area contributed by atoms with Crippen LogP contribution in [0.1, 0.15) is 30.9 Å². The van der Waals surface area contributed by atoms with Crippen molar-refractivity contribution in [2.24, 2.45) is 0 Å². The monoisotopic (exact) mass is 287 g/mol. The lowest BCUT2D eigenvalue weighted by molar-refractivity contribution is 0.389. The van der Waals surface area contributed by atoms with Crippen molar-refractivity contribution in [2.45, 2.75) is 26.2 Å². The molecule has 0 atom stereocenters. The van der Waals surface area contributed by atoms with Crippen LogP contribution in [-0.4, -0.2) is 41.3 Å². The largest absolute Gasteiger partial charge is 0.324 e. The van der Waals surface area contributed by atoms with Gasteiger partial charge in [-0.15, -0.1) is 0 Å². The Hall–Kier alpha value is -1.95. The molecule has 1 saturated heterocycles. The zero-order valence-corrected chi connectivity index (χ0v) is 12.8. The van der Waals surface area contributed by atoms with E-state index in [0.717, 1.165) is 37.4 Å². The Bertz CT molecular complexity index is 616. The van der Waals surface area contributed by atoms with Crippen LogP contribution in [-0.2, 0) is 5.41 Å². The van der Waals surface area contributed by atoms with Crippen LogP contribution in [0.15, 0.2) is 22.9 Å². The van der Waals surface area contributed by atoms with Crippen molar-refractivity contribution in [1.82, 2.24) is 20.4 Å². The number of aryl methyl sites for hydroxylation is 1. The lowest BCUT2D eigenvalue weighted by Gasteiger charge is -2.25. The molecule has 0 radical (unpaired) electrons. The van der Waals surface area contributed by atoms with Crippen molar-refractivity contribution in [3.05, 3.63) is 35.4 Å². The van der Waals surface area contributed by atoms with Gasteiger partial charge in [0.2, 0.25) is 0 Å². The Kier molecular flexibility index (Phi) is 3.63. The number of anilines is 1. The minimum absolute atomic E-state index is 0.302. The highest BCUT2D eigenvalue weighted by Crippen LogP contribution is 2.30. The minimum Gasteiger partial charge on any atom is -0.322 e. The van der Waals surface area contributed by atoms with Crippen LogP contribution in [0.2, 0.25) is 0 Å². The second kappa shape index (κ2) is 5.44. The summed E-state index contributed by atoms with van der Waals surface area (Å²) in [7, 11) is 0. The van der Waals surface area contributed by atoms with E-state index in [1.807, 2.05) is 19.2 Å². The molecular weight excluding hydrogens is 266 g/mol. The van der Waals surface area contributed by atoms with Gasteiger partial charge in [-0.25, -0.2) is 0 Å². The molecule has 0 bridgehead atoms. The van der Waals surface area contributed by atoms with Crippen LogP contribution in [0.4, 0.5) is 6.01 Å². The SMILES string of the molecule is Cc1cc(C(C)(C)c2noc(N3CCNCC3)n2)ccn1. The van der Waals surface area contributed by atoms with E-state index in [0.29, 0.717) is 11.8 Å². The van der Waals surface area contributed by atoms with Gasteiger partial charge in [0.15, 0.2) is 5.82 Å². The molecule has 0 amide bonds. The molecule has 2 aromatic rings. The standard InChI is InChI=1S/C15H21N5O/c1-11-10-12(4-5-17-11)15(2,3)13-18-14(21-19-13)20-8-6-16-7-9-20/h4-5,10,16H,6-9H2,1-3H3. The first-order chi connectivity index (χ1) is 10.1. The quantitative estimate of drug-likeness (QED) is 0.923. The number of pyridine rings is 1. The summed E-state index contributed by atoms with van der Waals surface area (Å²) in [4.78, 5) is 11.0. The van der Waals surface area contributed by atoms with Gasteiger partial charge in [0.25, 0.3) is 0 Å². The molecule has 3 rings (SSSR count). The summed E-state index contributed by atoms with van der Waals surface area (Å²) in [6, 6.07) is 4.69. The maximum Gasteiger partial charge on any atom is 0.324 e. The van der Waals surface area contributed by atoms with Gasteiger partial charge >= 0.3 is 6.01 Å². The molecule has 0 spiro atoms. The second-order valence-electron chi connectivity index (χ2n) is 5.95. The van der Waals surface area contributed by atoms with Gasteiger partial charge in [0, 0.05) is 38.1 Å². The smallest absolute Gasteiger partial charge is 0.322 e. The van der Waals surface area contributed by atoms with E-state index >= 15 is 0 Å². The van der Waals surface area contributed by atoms with Crippen molar-refractivity contribution in [2.75, 3.05) is 31.1 Å². The number of nitrogens with zero attached hydrogens (tertiary/aromatic N) is 4. The third-order valence-corrected chi connectivity index (χ3v) is 3.98. The third-order valence-electron chi connectivity index (χ3n) is 3.98. The van der Waals surface area contributed by atoms with Crippen LogP contribution in [0.5, 0.6) is 0 Å². The molecule has 1 aliphatic rings. The summed E-state index contributed by atoms with van der Waals surface area (Å²) in [6.45, 7) is 9.90. The summed E-state index contributed by atoms with van der Waals surface area (Å²) < 4.78 is 5.46. The average Bonchev–Trinajstić information content (AvgIpc) is 2.99. The Labute approximate surface area is 124 Å². The van der Waals surface area contributed by atoms with Gasteiger partial charge < -0.3 is 14.7 Å². The molecule has 6 heteroatoms. The van der Waals surface area contributed by atoms with Crippen molar-refractivity contribution in [3.63, 3.8) is 0 Å². The summed E-state index contributed by atoms with van der Waals surface area (Å²) in [5.74, 6) is 0.710. The molecule has 2 aromatic heterocycles. The maximum atomic E-state index is 5.46. The molecule has 0 unspecified atom stereocenters. The van der Waals surface area contributed by atoms with Crippen LogP contribution in [0, 0.1) is 6.92 Å². The summed E-state index contributed by atoms with van der Waals surface area (Å²) in [5, 5.41) is 7.52. The molecule has 0 saturated carbocycles. The molecule has 1 fully saturated rings. The van der Waals surface area contributed by atoms with E-state index in [-0.39, 0.29) is 5.41 Å². The molecule has 1 N–H and O–H groups in total. The number of nitrogens with one attached hydrogen (secondary N) is 1. The first kappa shape index (κ1) is 14.0. The van der Waals surface area contributed by atoms with E-state index < -0.39 is 0 Å². The number of rotatable bonds is 3. The zero-order valence-electron chi connectivity index (χ0n) is 12.8. The molecular formula is C15H21N5O. The fourth-order valence-electron chi connectivity index (χ4n) is 2.52. The van der Waals surface area contributed by atoms with Gasteiger partial charge in [-0.2, -0.15) is 4.98 Å². The lowest BCUT2D eigenvalue weighted by atomic mass is 9.84. The second-order valence-corrected chi connectivity index (χ2v) is 5.95. The topological polar surface area (TPSA) is 67.1 Å². The maximum absolute atomic E-state index is 5.46. The van der Waals surface area contributed by atoms with Crippen molar-refractivity contribution in [3.8, 4) is 0 Å².